The summed E-state index contributed by atoms with van der Waals surface area (Å²) in [6.07, 6.45) is -2.98. The summed E-state index contributed by atoms with van der Waals surface area (Å²) in [6.45, 7) is 0. The maximum atomic E-state index is 14.3. The number of hydrogen-bond donors (Lipinski definition) is 3. The van der Waals surface area contributed by atoms with Crippen LogP contribution in [0, 0.1) is 0 Å². The van der Waals surface area contributed by atoms with Crippen molar-refractivity contribution in [2.75, 3.05) is 10.6 Å². The van der Waals surface area contributed by atoms with E-state index in [-0.39, 0.29) is 5.69 Å². The maximum absolute atomic E-state index is 14.3. The molecule has 0 aliphatic carbocycles. The Hall–Kier alpha value is -3.67. The maximum Gasteiger partial charge on any atom is 0.425 e. The van der Waals surface area contributed by atoms with Gasteiger partial charge in [0.05, 0.1) is 5.69 Å². The van der Waals surface area contributed by atoms with Crippen molar-refractivity contribution >= 4 is 29.3 Å². The van der Waals surface area contributed by atoms with E-state index in [0.29, 0.717) is 5.02 Å². The Morgan fingerprint density at radius 1 is 1.07 bits per heavy atom. The number of aromatic amines is 1. The van der Waals surface area contributed by atoms with Crippen LogP contribution in [-0.2, 0) is 10.3 Å². The van der Waals surface area contributed by atoms with E-state index in [1.807, 2.05) is 15.6 Å². The zero-order chi connectivity index (χ0) is 21.7. The molecule has 0 fully saturated rings. The molecule has 3 aromatic rings. The third-order valence-corrected chi connectivity index (χ3v) is 4.69. The third kappa shape index (κ3) is 2.84. The summed E-state index contributed by atoms with van der Waals surface area (Å²) in [6, 6.07) is 6.83. The zero-order valence-electron chi connectivity index (χ0n) is 14.6. The molecule has 1 aliphatic heterocycles. The molecule has 3 N–H and O–H groups in total. The Bertz CT molecular complexity index is 1260. The fraction of sp³-hybridized carbons (Fsp3) is 0.118. The first-order valence-electron chi connectivity index (χ1n) is 8.24. The van der Waals surface area contributed by atoms with Gasteiger partial charge in [0.25, 0.3) is 17.0 Å². The van der Waals surface area contributed by atoms with Gasteiger partial charge in [-0.25, -0.2) is 19.3 Å². The molecule has 1 amide bonds. The monoisotopic (exact) mass is 438 g/mol. The fourth-order valence-corrected chi connectivity index (χ4v) is 3.27. The Balaban J connectivity index is 2.04. The standard InChI is InChI=1S/C17H10ClF3N6O3/c18-8-2-4-9(5-3-8)27-11-10(12(28)25-15(27)30)16(13(29)24-11,17(19,20)21)26-14-22-6-1-7-23-14/h1-7H,(H,24,29)(H,22,23,26)(H,25,28,30)/t16-/m1/s1. The highest BCUT2D eigenvalue weighted by molar-refractivity contribution is 6.30. The second-order valence-corrected chi connectivity index (χ2v) is 6.63. The number of hydrogen-bond acceptors (Lipinski definition) is 6. The molecule has 0 saturated heterocycles. The fourth-order valence-electron chi connectivity index (χ4n) is 3.15. The first kappa shape index (κ1) is 19.6. The Morgan fingerprint density at radius 2 is 1.70 bits per heavy atom. The second kappa shape index (κ2) is 6.69. The van der Waals surface area contributed by atoms with Crippen LogP contribution in [0.4, 0.5) is 24.9 Å². The number of carbonyl (C=O) groups excluding carboxylic acids is 1. The number of halogens is 4. The van der Waals surface area contributed by atoms with Crippen molar-refractivity contribution in [2.45, 2.75) is 11.7 Å². The van der Waals surface area contributed by atoms with Crippen LogP contribution in [0.25, 0.3) is 5.69 Å². The van der Waals surface area contributed by atoms with E-state index in [1.165, 1.54) is 30.3 Å². The molecule has 2 aromatic heterocycles. The number of amides is 1. The van der Waals surface area contributed by atoms with Crippen LogP contribution < -0.4 is 21.9 Å². The summed E-state index contributed by atoms with van der Waals surface area (Å²) in [4.78, 5) is 46.7. The molecule has 154 valence electrons. The molecular weight excluding hydrogens is 429 g/mol. The molecule has 0 bridgehead atoms. The Kier molecular flexibility index (Phi) is 4.38. The minimum Gasteiger partial charge on any atom is -0.328 e. The summed E-state index contributed by atoms with van der Waals surface area (Å²) in [5.74, 6) is -2.78. The quantitative estimate of drug-likeness (QED) is 0.573. The molecule has 1 aromatic carbocycles. The van der Waals surface area contributed by atoms with Crippen LogP contribution in [0.2, 0.25) is 5.02 Å². The number of alkyl halides is 3. The molecule has 0 radical (unpaired) electrons. The first-order valence-corrected chi connectivity index (χ1v) is 8.62. The number of H-pyrrole nitrogens is 1. The highest BCUT2D eigenvalue weighted by Gasteiger charge is 2.68. The third-order valence-electron chi connectivity index (χ3n) is 4.43. The number of aromatic nitrogens is 4. The summed E-state index contributed by atoms with van der Waals surface area (Å²) in [7, 11) is 0. The molecule has 0 unspecified atom stereocenters. The average molecular weight is 439 g/mol. The largest absolute Gasteiger partial charge is 0.425 e. The molecule has 30 heavy (non-hydrogen) atoms. The van der Waals surface area contributed by atoms with Crippen LogP contribution in [0.1, 0.15) is 5.56 Å². The van der Waals surface area contributed by atoms with Gasteiger partial charge in [-0.3, -0.25) is 14.6 Å². The van der Waals surface area contributed by atoms with Gasteiger partial charge in [-0.05, 0) is 30.3 Å². The number of rotatable bonds is 3. The lowest BCUT2D eigenvalue weighted by atomic mass is 9.92. The summed E-state index contributed by atoms with van der Waals surface area (Å²) < 4.78 is 43.5. The van der Waals surface area contributed by atoms with E-state index >= 15 is 0 Å². The van der Waals surface area contributed by atoms with Crippen LogP contribution in [0.3, 0.4) is 0 Å². The SMILES string of the molecule is O=C1Nc2c(c(=O)[nH]c(=O)n2-c2ccc(Cl)cc2)[C@]1(Nc1ncccn1)C(F)(F)F. The van der Waals surface area contributed by atoms with Gasteiger partial charge in [0.2, 0.25) is 5.95 Å². The van der Waals surface area contributed by atoms with E-state index in [9.17, 15) is 27.6 Å². The van der Waals surface area contributed by atoms with Gasteiger partial charge in [-0.2, -0.15) is 13.2 Å². The van der Waals surface area contributed by atoms with Gasteiger partial charge in [0, 0.05) is 17.4 Å². The smallest absolute Gasteiger partial charge is 0.328 e. The summed E-state index contributed by atoms with van der Waals surface area (Å²) in [5, 5.41) is 4.25. The molecule has 3 heterocycles. The zero-order valence-corrected chi connectivity index (χ0v) is 15.4. The van der Waals surface area contributed by atoms with Gasteiger partial charge in [0.15, 0.2) is 0 Å². The molecule has 13 heteroatoms. The number of nitrogens with zero attached hydrogens (tertiary/aromatic N) is 3. The van der Waals surface area contributed by atoms with E-state index in [2.05, 4.69) is 9.97 Å². The number of carbonyl (C=O) groups is 1. The van der Waals surface area contributed by atoms with E-state index in [4.69, 9.17) is 11.6 Å². The van der Waals surface area contributed by atoms with Crippen molar-refractivity contribution in [2.24, 2.45) is 0 Å². The van der Waals surface area contributed by atoms with Gasteiger partial charge < -0.3 is 10.6 Å². The summed E-state index contributed by atoms with van der Waals surface area (Å²) in [5.41, 5.74) is -6.93. The van der Waals surface area contributed by atoms with Gasteiger partial charge in [-0.15, -0.1) is 0 Å². The molecule has 1 aliphatic rings. The van der Waals surface area contributed by atoms with E-state index < -0.39 is 46.2 Å². The van der Waals surface area contributed by atoms with Gasteiger partial charge >= 0.3 is 11.9 Å². The van der Waals surface area contributed by atoms with Crippen molar-refractivity contribution in [3.05, 3.63) is 74.1 Å². The average Bonchev–Trinajstić information content (AvgIpc) is 2.97. The summed E-state index contributed by atoms with van der Waals surface area (Å²) >= 11 is 5.81. The second-order valence-electron chi connectivity index (χ2n) is 6.19. The number of benzene rings is 1. The molecule has 0 saturated carbocycles. The lowest BCUT2D eigenvalue weighted by Crippen LogP contribution is -2.56. The van der Waals surface area contributed by atoms with Crippen LogP contribution in [0.15, 0.2) is 52.3 Å². The molecule has 4 rings (SSSR count). The van der Waals surface area contributed by atoms with E-state index in [1.54, 1.807) is 0 Å². The van der Waals surface area contributed by atoms with Crippen LogP contribution in [-0.4, -0.2) is 31.6 Å². The van der Waals surface area contributed by atoms with Crippen LogP contribution in [0.5, 0.6) is 0 Å². The lowest BCUT2D eigenvalue weighted by Gasteiger charge is -2.29. The predicted molar refractivity (Wildman–Crippen MR) is 99.7 cm³/mol. The van der Waals surface area contributed by atoms with Gasteiger partial charge in [-0.1, -0.05) is 11.6 Å². The highest BCUT2D eigenvalue weighted by atomic mass is 35.5. The van der Waals surface area contributed by atoms with Crippen LogP contribution >= 0.6 is 11.6 Å². The predicted octanol–water partition coefficient (Wildman–Crippen LogP) is 1.79. The van der Waals surface area contributed by atoms with Crippen molar-refractivity contribution in [1.29, 1.82) is 0 Å². The highest BCUT2D eigenvalue weighted by Crippen LogP contribution is 2.47. The first-order chi connectivity index (χ1) is 14.1. The number of nitrogens with one attached hydrogen (secondary N) is 3. The topological polar surface area (TPSA) is 122 Å². The van der Waals surface area contributed by atoms with E-state index in [0.717, 1.165) is 17.0 Å². The minimum atomic E-state index is -5.29. The molecular formula is C17H10ClF3N6O3. The minimum absolute atomic E-state index is 0.0751. The Morgan fingerprint density at radius 3 is 2.30 bits per heavy atom. The van der Waals surface area contributed by atoms with Crippen molar-refractivity contribution in [3.8, 4) is 5.69 Å². The lowest BCUT2D eigenvalue weighted by molar-refractivity contribution is -0.184. The number of fused-ring (bicyclic) bond motifs is 1. The molecule has 9 nitrogen and oxygen atoms in total. The molecule has 1 atom stereocenters. The normalized spacial score (nSPS) is 18.1. The Labute approximate surface area is 169 Å². The van der Waals surface area contributed by atoms with Crippen molar-refractivity contribution in [1.82, 2.24) is 19.5 Å². The van der Waals surface area contributed by atoms with Gasteiger partial charge in [0.1, 0.15) is 11.4 Å². The van der Waals surface area contributed by atoms with Crippen molar-refractivity contribution in [3.63, 3.8) is 0 Å². The van der Waals surface area contributed by atoms with Crippen molar-refractivity contribution < 1.29 is 18.0 Å². The molecule has 0 spiro atoms. The number of anilines is 2.